The average Bonchev–Trinajstić information content (AvgIpc) is 2.92. The van der Waals surface area contributed by atoms with Crippen LogP contribution in [0.3, 0.4) is 0 Å². The Morgan fingerprint density at radius 1 is 1.14 bits per heavy atom. The number of carbonyl (C=O) groups excluding carboxylic acids is 4. The van der Waals surface area contributed by atoms with Gasteiger partial charge in [-0.3, -0.25) is 19.3 Å². The number of amides is 5. The maximum Gasteiger partial charge on any atom is 0.334 e. The van der Waals surface area contributed by atoms with E-state index in [1.807, 2.05) is 31.2 Å². The second-order valence-corrected chi connectivity index (χ2v) is 7.59. The summed E-state index contributed by atoms with van der Waals surface area (Å²) in [7, 11) is 1.58. The minimum absolute atomic E-state index is 0.152. The van der Waals surface area contributed by atoms with Crippen molar-refractivity contribution < 1.29 is 23.9 Å². The smallest absolute Gasteiger partial charge is 0.334 e. The third-order valence-corrected chi connectivity index (χ3v) is 5.69. The van der Waals surface area contributed by atoms with Crippen molar-refractivity contribution >= 4 is 23.8 Å². The zero-order valence-electron chi connectivity index (χ0n) is 16.8. The van der Waals surface area contributed by atoms with Gasteiger partial charge in [-0.2, -0.15) is 0 Å². The minimum atomic E-state index is -0.923. The number of hydrogen-bond donors (Lipinski definition) is 1. The number of nitrogens with one attached hydrogen (secondary N) is 1. The van der Waals surface area contributed by atoms with Gasteiger partial charge in [0.2, 0.25) is 5.91 Å². The lowest BCUT2D eigenvalue weighted by molar-refractivity contribution is -0.145. The number of para-hydroxylation sites is 1. The normalized spacial score (nSPS) is 22.2. The van der Waals surface area contributed by atoms with Crippen molar-refractivity contribution in [1.29, 1.82) is 0 Å². The van der Waals surface area contributed by atoms with E-state index in [1.54, 1.807) is 7.11 Å². The van der Waals surface area contributed by atoms with Gasteiger partial charge in [0.15, 0.2) is 0 Å². The van der Waals surface area contributed by atoms with Crippen molar-refractivity contribution in [2.24, 2.45) is 5.92 Å². The molecule has 0 bridgehead atoms. The molecular formula is C21H27N3O5. The fourth-order valence-electron chi connectivity index (χ4n) is 4.08. The Balaban J connectivity index is 1.56. The lowest BCUT2D eigenvalue weighted by atomic mass is 9.85. The van der Waals surface area contributed by atoms with E-state index in [1.165, 1.54) is 0 Å². The molecule has 29 heavy (non-hydrogen) atoms. The number of hydrogen-bond acceptors (Lipinski definition) is 5. The Hall–Kier alpha value is -2.90. The fourth-order valence-corrected chi connectivity index (χ4v) is 4.08. The molecule has 2 aliphatic rings. The molecule has 1 heterocycles. The summed E-state index contributed by atoms with van der Waals surface area (Å²) in [5.41, 5.74) is 0.941. The molecule has 1 saturated carbocycles. The van der Waals surface area contributed by atoms with Crippen molar-refractivity contribution in [3.8, 4) is 5.75 Å². The van der Waals surface area contributed by atoms with Crippen LogP contribution in [-0.4, -0.2) is 59.8 Å². The summed E-state index contributed by atoms with van der Waals surface area (Å²) in [4.78, 5) is 51.5. The Morgan fingerprint density at radius 3 is 2.59 bits per heavy atom. The van der Waals surface area contributed by atoms with Crippen LogP contribution in [0.15, 0.2) is 24.3 Å². The van der Waals surface area contributed by atoms with E-state index in [0.717, 1.165) is 40.4 Å². The van der Waals surface area contributed by atoms with Gasteiger partial charge >= 0.3 is 17.8 Å². The number of nitrogens with zero attached hydrogens (tertiary/aromatic N) is 2. The van der Waals surface area contributed by atoms with E-state index in [0.29, 0.717) is 19.4 Å². The molecule has 0 aromatic heterocycles. The minimum Gasteiger partial charge on any atom is -0.496 e. The second kappa shape index (κ2) is 9.07. The van der Waals surface area contributed by atoms with Crippen LogP contribution in [0, 0.1) is 5.92 Å². The van der Waals surface area contributed by atoms with Crippen molar-refractivity contribution in [2.45, 2.75) is 45.1 Å². The second-order valence-electron chi connectivity index (χ2n) is 7.59. The van der Waals surface area contributed by atoms with Gasteiger partial charge in [-0.1, -0.05) is 38.0 Å². The summed E-state index contributed by atoms with van der Waals surface area (Å²) in [5.74, 6) is -1.34. The zero-order valence-corrected chi connectivity index (χ0v) is 16.8. The monoisotopic (exact) mass is 401 g/mol. The van der Waals surface area contributed by atoms with Crippen molar-refractivity contribution in [3.63, 3.8) is 0 Å². The molecule has 1 aromatic rings. The standard InChI is InChI=1S/C21H27N3O5/c1-14-7-3-5-9-16(14)24-20(27)19(26)23(21(24)28)13-18(25)22-12-11-15-8-4-6-10-17(15)29-2/h4,6,8,10,14,16H,3,5,7,9,11-13H2,1-2H3,(H,22,25)/t14-,16-/m1/s1. The van der Waals surface area contributed by atoms with Gasteiger partial charge in [0.1, 0.15) is 12.3 Å². The molecule has 2 atom stereocenters. The first-order valence-electron chi connectivity index (χ1n) is 10.0. The zero-order chi connectivity index (χ0) is 21.0. The largest absolute Gasteiger partial charge is 0.496 e. The van der Waals surface area contributed by atoms with Crippen LogP contribution >= 0.6 is 0 Å². The van der Waals surface area contributed by atoms with Crippen LogP contribution in [0.4, 0.5) is 4.79 Å². The lowest BCUT2D eigenvalue weighted by Crippen LogP contribution is -2.47. The predicted molar refractivity (Wildman–Crippen MR) is 105 cm³/mol. The Bertz CT molecular complexity index is 809. The maximum absolute atomic E-state index is 12.7. The van der Waals surface area contributed by atoms with E-state index in [2.05, 4.69) is 5.32 Å². The quantitative estimate of drug-likeness (QED) is 0.554. The Kier molecular flexibility index (Phi) is 6.51. The highest BCUT2D eigenvalue weighted by atomic mass is 16.5. The Labute approximate surface area is 170 Å². The van der Waals surface area contributed by atoms with Crippen LogP contribution in [0.1, 0.15) is 38.2 Å². The van der Waals surface area contributed by atoms with Gasteiger partial charge in [0.25, 0.3) is 0 Å². The van der Waals surface area contributed by atoms with Gasteiger partial charge in [-0.05, 0) is 36.8 Å². The van der Waals surface area contributed by atoms with Crippen LogP contribution in [0.5, 0.6) is 5.75 Å². The van der Waals surface area contributed by atoms with Crippen LogP contribution in [0.2, 0.25) is 0 Å². The molecule has 8 nitrogen and oxygen atoms in total. The van der Waals surface area contributed by atoms with Crippen molar-refractivity contribution in [1.82, 2.24) is 15.1 Å². The maximum atomic E-state index is 12.7. The number of carbonyl (C=O) groups is 4. The highest BCUT2D eigenvalue weighted by Crippen LogP contribution is 2.31. The van der Waals surface area contributed by atoms with Crippen molar-refractivity contribution in [2.75, 3.05) is 20.2 Å². The van der Waals surface area contributed by atoms with E-state index in [9.17, 15) is 19.2 Å². The number of ether oxygens (including phenoxy) is 1. The molecule has 1 aliphatic heterocycles. The summed E-state index contributed by atoms with van der Waals surface area (Å²) in [6.45, 7) is 1.86. The third-order valence-electron chi connectivity index (χ3n) is 5.69. The highest BCUT2D eigenvalue weighted by Gasteiger charge is 2.49. The number of urea groups is 1. The van der Waals surface area contributed by atoms with Gasteiger partial charge < -0.3 is 10.1 Å². The van der Waals surface area contributed by atoms with Gasteiger partial charge in [-0.15, -0.1) is 0 Å². The Morgan fingerprint density at radius 2 is 1.86 bits per heavy atom. The lowest BCUT2D eigenvalue weighted by Gasteiger charge is -2.34. The molecule has 0 unspecified atom stereocenters. The van der Waals surface area contributed by atoms with E-state index >= 15 is 0 Å². The molecule has 3 rings (SSSR count). The molecule has 1 saturated heterocycles. The molecule has 0 spiro atoms. The van der Waals surface area contributed by atoms with Gasteiger partial charge in [0, 0.05) is 12.6 Å². The van der Waals surface area contributed by atoms with Gasteiger partial charge in [-0.25, -0.2) is 9.69 Å². The summed E-state index contributed by atoms with van der Waals surface area (Å²) in [6, 6.07) is 6.53. The van der Waals surface area contributed by atoms with Gasteiger partial charge in [0.05, 0.1) is 7.11 Å². The molecule has 1 aromatic carbocycles. The topological polar surface area (TPSA) is 96.0 Å². The molecular weight excluding hydrogens is 374 g/mol. The first-order valence-corrected chi connectivity index (χ1v) is 10.0. The first-order chi connectivity index (χ1) is 13.9. The van der Waals surface area contributed by atoms with Crippen LogP contribution in [0.25, 0.3) is 0 Å². The SMILES string of the molecule is COc1ccccc1CCNC(=O)CN1C(=O)C(=O)N([C@@H]2CCCC[C@H]2C)C1=O. The van der Waals surface area contributed by atoms with Crippen LogP contribution in [-0.2, 0) is 20.8 Å². The summed E-state index contributed by atoms with van der Waals surface area (Å²) >= 11 is 0. The van der Waals surface area contributed by atoms with E-state index < -0.39 is 30.3 Å². The molecule has 1 N–H and O–H groups in total. The summed E-state index contributed by atoms with van der Waals surface area (Å²) in [6.07, 6.45) is 4.14. The summed E-state index contributed by atoms with van der Waals surface area (Å²) < 4.78 is 5.28. The van der Waals surface area contributed by atoms with Crippen molar-refractivity contribution in [3.05, 3.63) is 29.8 Å². The average molecular weight is 401 g/mol. The number of imide groups is 2. The third kappa shape index (κ3) is 4.41. The number of benzene rings is 1. The van der Waals surface area contributed by atoms with E-state index in [-0.39, 0.29) is 12.0 Å². The molecule has 5 amide bonds. The van der Waals surface area contributed by atoms with Crippen LogP contribution < -0.4 is 10.1 Å². The fraction of sp³-hybridized carbons (Fsp3) is 0.524. The summed E-state index contributed by atoms with van der Waals surface area (Å²) in [5, 5.41) is 2.70. The number of methoxy groups -OCH3 is 1. The molecule has 2 fully saturated rings. The molecule has 8 heteroatoms. The first kappa shape index (κ1) is 20.8. The predicted octanol–water partition coefficient (Wildman–Crippen LogP) is 1.72. The number of rotatable bonds is 7. The molecule has 0 radical (unpaired) electrons. The van der Waals surface area contributed by atoms with E-state index in [4.69, 9.17) is 4.74 Å². The molecule has 1 aliphatic carbocycles. The highest BCUT2D eigenvalue weighted by molar-refractivity contribution is 6.45. The molecule has 156 valence electrons.